The van der Waals surface area contributed by atoms with E-state index in [2.05, 4.69) is 0 Å². The van der Waals surface area contributed by atoms with Gasteiger partial charge in [-0.15, -0.1) is 0 Å². The van der Waals surface area contributed by atoms with E-state index < -0.39 is 108 Å². The Morgan fingerprint density at radius 3 is 0.913 bits per heavy atom. The van der Waals surface area contributed by atoms with E-state index in [1.165, 1.54) is 35.8 Å². The van der Waals surface area contributed by atoms with Crippen LogP contribution in [0.5, 0.6) is 0 Å². The van der Waals surface area contributed by atoms with Crippen LogP contribution in [0.25, 0.3) is 0 Å². The lowest BCUT2D eigenvalue weighted by Gasteiger charge is -2.38. The zero-order chi connectivity index (χ0) is 36.0. The number of ether oxygens (including phenoxy) is 3. The lowest BCUT2D eigenvalue weighted by atomic mass is 9.96. The quantitative estimate of drug-likeness (QED) is 0.298. The Hall–Kier alpha value is -3.18. The molecule has 1 aliphatic heterocycles. The van der Waals surface area contributed by atoms with Gasteiger partial charge in [-0.25, -0.2) is 14.4 Å². The normalized spacial score (nSPS) is 27.8. The number of hydrogen-bond donors (Lipinski definition) is 0. The predicted octanol–water partition coefficient (Wildman–Crippen LogP) is 3.54. The van der Waals surface area contributed by atoms with E-state index in [9.17, 15) is 28.8 Å². The van der Waals surface area contributed by atoms with Gasteiger partial charge in [0.05, 0.1) is 0 Å². The highest BCUT2D eigenvalue weighted by Gasteiger charge is 2.45. The average Bonchev–Trinajstić information content (AvgIpc) is 2.94. The van der Waals surface area contributed by atoms with Crippen LogP contribution in [0.15, 0.2) is 0 Å². The van der Waals surface area contributed by atoms with Crippen molar-refractivity contribution < 1.29 is 43.0 Å². The molecule has 1 saturated heterocycles. The van der Waals surface area contributed by atoms with Gasteiger partial charge in [0.2, 0.25) is 0 Å². The molecule has 1 rings (SSSR count). The lowest BCUT2D eigenvalue weighted by Crippen LogP contribution is -2.58. The zero-order valence-electron chi connectivity index (χ0n) is 30.7. The molecule has 1 aliphatic rings. The van der Waals surface area contributed by atoms with Crippen molar-refractivity contribution in [3.63, 3.8) is 0 Å². The Kier molecular flexibility index (Phi) is 15.2. The van der Waals surface area contributed by atoms with Gasteiger partial charge in [-0.2, -0.15) is 0 Å². The molecular weight excluding hydrogens is 594 g/mol. The molecule has 0 radical (unpaired) electrons. The van der Waals surface area contributed by atoms with Crippen molar-refractivity contribution in [2.45, 2.75) is 126 Å². The Labute approximate surface area is 275 Å². The maximum atomic E-state index is 14.0. The van der Waals surface area contributed by atoms with E-state index in [-0.39, 0.29) is 0 Å². The molecule has 0 N–H and O–H groups in total. The van der Waals surface area contributed by atoms with Crippen LogP contribution < -0.4 is 0 Å². The molecule has 3 amide bonds. The van der Waals surface area contributed by atoms with Crippen LogP contribution in [0.4, 0.5) is 0 Å². The molecule has 0 aliphatic carbocycles. The van der Waals surface area contributed by atoms with Gasteiger partial charge in [0.25, 0.3) is 17.7 Å². The Morgan fingerprint density at radius 2 is 0.696 bits per heavy atom. The van der Waals surface area contributed by atoms with Crippen molar-refractivity contribution in [1.29, 1.82) is 0 Å². The molecule has 7 unspecified atom stereocenters. The van der Waals surface area contributed by atoms with Crippen molar-refractivity contribution in [2.24, 2.45) is 35.5 Å². The van der Waals surface area contributed by atoms with Crippen LogP contribution in [0.1, 0.15) is 89.5 Å². The van der Waals surface area contributed by atoms with Gasteiger partial charge in [-0.1, -0.05) is 83.1 Å². The van der Waals surface area contributed by atoms with Crippen molar-refractivity contribution in [2.75, 3.05) is 21.1 Å². The fourth-order valence-electron chi connectivity index (χ4n) is 5.80. The summed E-state index contributed by atoms with van der Waals surface area (Å²) in [6.45, 7) is 20.9. The summed E-state index contributed by atoms with van der Waals surface area (Å²) in [5, 5.41) is 0. The van der Waals surface area contributed by atoms with Crippen molar-refractivity contribution in [3.05, 3.63) is 0 Å². The summed E-state index contributed by atoms with van der Waals surface area (Å²) in [7, 11) is 4.32. The number of rotatable bonds is 7. The predicted molar refractivity (Wildman–Crippen MR) is 173 cm³/mol. The summed E-state index contributed by atoms with van der Waals surface area (Å²) in [4.78, 5) is 86.8. The average molecular weight is 654 g/mol. The first-order valence-corrected chi connectivity index (χ1v) is 16.5. The smallest absolute Gasteiger partial charge is 0.329 e. The van der Waals surface area contributed by atoms with Gasteiger partial charge in [0.15, 0.2) is 18.3 Å². The molecular formula is C34H59N3O9. The maximum Gasteiger partial charge on any atom is 0.329 e. The highest BCUT2D eigenvalue weighted by Crippen LogP contribution is 2.25. The Morgan fingerprint density at radius 1 is 0.457 bits per heavy atom. The number of amides is 3. The molecule has 46 heavy (non-hydrogen) atoms. The van der Waals surface area contributed by atoms with Gasteiger partial charge in [-0.05, 0) is 36.0 Å². The van der Waals surface area contributed by atoms with E-state index in [0.29, 0.717) is 6.42 Å². The minimum atomic E-state index is -1.28. The van der Waals surface area contributed by atoms with Crippen molar-refractivity contribution in [1.82, 2.24) is 14.7 Å². The SMILES string of the molecule is CCC(C)C1OC(=O)C(C(C)C)N(C)C(=O)C(C(C)C)OC(=O)C(C(C)C)N(C)C(=O)C(C(C)C)OC(=O)C(C(C)C)N(C)C1=O. The van der Waals surface area contributed by atoms with Crippen molar-refractivity contribution >= 4 is 35.6 Å². The number of carbonyl (C=O) groups is 6. The van der Waals surface area contributed by atoms with Crippen LogP contribution in [0.2, 0.25) is 0 Å². The van der Waals surface area contributed by atoms with E-state index in [4.69, 9.17) is 14.2 Å². The highest BCUT2D eigenvalue weighted by molar-refractivity contribution is 5.94. The molecule has 7 atom stereocenters. The number of carbonyl (C=O) groups excluding carboxylic acids is 6. The van der Waals surface area contributed by atoms with Gasteiger partial charge >= 0.3 is 17.9 Å². The molecule has 1 fully saturated rings. The van der Waals surface area contributed by atoms with Crippen LogP contribution >= 0.6 is 0 Å². The lowest BCUT2D eigenvalue weighted by molar-refractivity contribution is -0.181. The summed E-state index contributed by atoms with van der Waals surface area (Å²) >= 11 is 0. The summed E-state index contributed by atoms with van der Waals surface area (Å²) in [5.41, 5.74) is 0. The Bertz CT molecular complexity index is 1090. The first-order chi connectivity index (χ1) is 21.1. The first kappa shape index (κ1) is 40.8. The number of esters is 3. The third kappa shape index (κ3) is 9.44. The highest BCUT2D eigenvalue weighted by atomic mass is 16.6. The molecule has 0 saturated carbocycles. The minimum absolute atomic E-state index is 0.431. The fourth-order valence-corrected chi connectivity index (χ4v) is 5.80. The first-order valence-electron chi connectivity index (χ1n) is 16.5. The molecule has 12 nitrogen and oxygen atoms in total. The van der Waals surface area contributed by atoms with Crippen LogP contribution in [-0.2, 0) is 43.0 Å². The summed E-state index contributed by atoms with van der Waals surface area (Å²) in [5.74, 6) is -6.92. The van der Waals surface area contributed by atoms with Gasteiger partial charge in [0.1, 0.15) is 18.1 Å². The largest absolute Gasteiger partial charge is 0.450 e. The zero-order valence-corrected chi connectivity index (χ0v) is 30.7. The van der Waals surface area contributed by atoms with Crippen LogP contribution in [0.3, 0.4) is 0 Å². The molecule has 12 heteroatoms. The molecule has 0 bridgehead atoms. The van der Waals surface area contributed by atoms with E-state index >= 15 is 0 Å². The molecule has 0 spiro atoms. The van der Waals surface area contributed by atoms with E-state index in [1.54, 1.807) is 76.2 Å². The second-order valence-corrected chi connectivity index (χ2v) is 14.4. The standard InChI is InChI=1S/C34H59N3O9/c1-16-22(12)28-31(40)37(15)24(18(4)5)33(42)45-26(20(8)9)29(38)35(13)23(17(2)3)32(41)44-27(21(10)11)30(39)36(14)25(19(6)7)34(43)46-28/h17-28H,16H2,1-15H3. The molecule has 0 aromatic carbocycles. The number of hydrogen-bond acceptors (Lipinski definition) is 9. The topological polar surface area (TPSA) is 140 Å². The molecule has 0 aromatic heterocycles. The number of likely N-dealkylation sites (N-methyl/N-ethyl adjacent to an activating group) is 3. The summed E-state index contributed by atoms with van der Waals surface area (Å²) in [6.07, 6.45) is -3.34. The fraction of sp³-hybridized carbons (Fsp3) is 0.824. The van der Waals surface area contributed by atoms with Crippen molar-refractivity contribution in [3.8, 4) is 0 Å². The third-order valence-corrected chi connectivity index (χ3v) is 8.74. The minimum Gasteiger partial charge on any atom is -0.450 e. The molecule has 0 aromatic rings. The Balaban J connectivity index is 3.97. The second-order valence-electron chi connectivity index (χ2n) is 14.4. The second kappa shape index (κ2) is 17.1. The number of cyclic esters (lactones) is 3. The summed E-state index contributed by atoms with van der Waals surface area (Å²) < 4.78 is 17.6. The van der Waals surface area contributed by atoms with Crippen LogP contribution in [0, 0.1) is 35.5 Å². The van der Waals surface area contributed by atoms with Gasteiger partial charge in [-0.3, -0.25) is 14.4 Å². The molecule has 264 valence electrons. The third-order valence-electron chi connectivity index (χ3n) is 8.74. The number of nitrogens with zero attached hydrogens (tertiary/aromatic N) is 3. The van der Waals surface area contributed by atoms with Gasteiger partial charge < -0.3 is 28.9 Å². The summed E-state index contributed by atoms with van der Waals surface area (Å²) in [6, 6.07) is -3.34. The monoisotopic (exact) mass is 653 g/mol. The van der Waals surface area contributed by atoms with E-state index in [0.717, 1.165) is 0 Å². The van der Waals surface area contributed by atoms with E-state index in [1.807, 2.05) is 6.92 Å². The van der Waals surface area contributed by atoms with Crippen LogP contribution in [-0.4, -0.2) is 108 Å². The molecule has 1 heterocycles. The maximum absolute atomic E-state index is 14.0. The van der Waals surface area contributed by atoms with Gasteiger partial charge in [0, 0.05) is 27.1 Å².